The maximum Gasteiger partial charge on any atom is 0.240 e. The molecule has 1 amide bonds. The van der Waals surface area contributed by atoms with E-state index in [1.54, 1.807) is 13.2 Å². The number of hydrogen-bond acceptors (Lipinski definition) is 5. The average Bonchev–Trinajstić information content (AvgIpc) is 2.59. The lowest BCUT2D eigenvalue weighted by atomic mass is 10.2. The van der Waals surface area contributed by atoms with Gasteiger partial charge in [-0.2, -0.15) is 0 Å². The highest BCUT2D eigenvalue weighted by Gasteiger charge is 2.13. The minimum Gasteiger partial charge on any atom is -0.493 e. The Labute approximate surface area is 153 Å². The Balaban J connectivity index is 1.91. The molecule has 2 N–H and O–H groups in total. The van der Waals surface area contributed by atoms with Crippen molar-refractivity contribution >= 4 is 21.6 Å². The number of sulfonamides is 1. The number of hydrogen-bond donors (Lipinski definition) is 2. The van der Waals surface area contributed by atoms with Crippen LogP contribution in [0.2, 0.25) is 0 Å². The van der Waals surface area contributed by atoms with E-state index in [1.807, 2.05) is 19.1 Å². The number of ether oxygens (including phenoxy) is 2. The van der Waals surface area contributed by atoms with Crippen LogP contribution in [0.25, 0.3) is 0 Å². The van der Waals surface area contributed by atoms with Gasteiger partial charge in [-0.3, -0.25) is 4.79 Å². The molecule has 0 saturated carbocycles. The summed E-state index contributed by atoms with van der Waals surface area (Å²) in [6.07, 6.45) is 0. The monoisotopic (exact) mass is 378 g/mol. The largest absolute Gasteiger partial charge is 0.493 e. The third-order valence-corrected chi connectivity index (χ3v) is 4.93. The maximum atomic E-state index is 12.3. The van der Waals surface area contributed by atoms with E-state index in [1.165, 1.54) is 31.2 Å². The van der Waals surface area contributed by atoms with Crippen LogP contribution in [0.15, 0.2) is 47.4 Å². The number of carbonyl (C=O) groups is 1. The fourth-order valence-corrected chi connectivity index (χ4v) is 3.25. The number of methoxy groups -OCH3 is 1. The number of aryl methyl sites for hydroxylation is 1. The van der Waals surface area contributed by atoms with Crippen LogP contribution in [-0.2, 0) is 14.8 Å². The Hall–Kier alpha value is -2.58. The van der Waals surface area contributed by atoms with Crippen molar-refractivity contribution in [3.63, 3.8) is 0 Å². The van der Waals surface area contributed by atoms with E-state index in [0.29, 0.717) is 17.2 Å². The molecular formula is C18H22N2O5S. The summed E-state index contributed by atoms with van der Waals surface area (Å²) < 4.78 is 37.8. The molecule has 0 unspecified atom stereocenters. The van der Waals surface area contributed by atoms with E-state index in [-0.39, 0.29) is 24.0 Å². The van der Waals surface area contributed by atoms with E-state index >= 15 is 0 Å². The molecule has 2 rings (SSSR count). The van der Waals surface area contributed by atoms with Crippen molar-refractivity contribution in [1.29, 1.82) is 0 Å². The van der Waals surface area contributed by atoms with E-state index in [0.717, 1.165) is 5.56 Å². The lowest BCUT2D eigenvalue weighted by Crippen LogP contribution is -2.28. The second kappa shape index (κ2) is 8.68. The molecule has 0 spiro atoms. The van der Waals surface area contributed by atoms with Crippen LogP contribution in [0, 0.1) is 6.92 Å². The van der Waals surface area contributed by atoms with E-state index in [4.69, 9.17) is 9.47 Å². The van der Waals surface area contributed by atoms with E-state index < -0.39 is 10.0 Å². The summed E-state index contributed by atoms with van der Waals surface area (Å²) in [6.45, 7) is 3.59. The second-order valence-electron chi connectivity index (χ2n) is 5.61. The van der Waals surface area contributed by atoms with Gasteiger partial charge >= 0.3 is 0 Å². The smallest absolute Gasteiger partial charge is 0.240 e. The summed E-state index contributed by atoms with van der Waals surface area (Å²) >= 11 is 0. The van der Waals surface area contributed by atoms with Gasteiger partial charge in [0.05, 0.1) is 12.0 Å². The van der Waals surface area contributed by atoms with Crippen molar-refractivity contribution < 1.29 is 22.7 Å². The summed E-state index contributed by atoms with van der Waals surface area (Å²) in [6, 6.07) is 11.4. The minimum atomic E-state index is -3.66. The van der Waals surface area contributed by atoms with Gasteiger partial charge in [0.1, 0.15) is 6.61 Å². The highest BCUT2D eigenvalue weighted by molar-refractivity contribution is 7.89. The number of amides is 1. The Morgan fingerprint density at radius 1 is 1.08 bits per heavy atom. The SMILES string of the molecule is COc1cc(C)ccc1OCCNS(=O)(=O)c1ccc(NC(C)=O)cc1. The fourth-order valence-electron chi connectivity index (χ4n) is 2.24. The van der Waals surface area contributed by atoms with Crippen LogP contribution in [0.4, 0.5) is 5.69 Å². The zero-order valence-electron chi connectivity index (χ0n) is 14.9. The number of anilines is 1. The first-order valence-electron chi connectivity index (χ1n) is 7.96. The summed E-state index contributed by atoms with van der Waals surface area (Å²) in [5.41, 5.74) is 1.57. The highest BCUT2D eigenvalue weighted by atomic mass is 32.2. The van der Waals surface area contributed by atoms with Crippen molar-refractivity contribution in [3.05, 3.63) is 48.0 Å². The minimum absolute atomic E-state index is 0.104. The molecule has 2 aromatic carbocycles. The molecule has 0 aliphatic heterocycles. The van der Waals surface area contributed by atoms with Crippen molar-refractivity contribution in [1.82, 2.24) is 4.72 Å². The van der Waals surface area contributed by atoms with E-state index in [2.05, 4.69) is 10.0 Å². The maximum absolute atomic E-state index is 12.3. The van der Waals surface area contributed by atoms with Gasteiger partial charge in [0, 0.05) is 19.2 Å². The number of rotatable bonds is 8. The molecule has 0 atom stereocenters. The quantitative estimate of drug-likeness (QED) is 0.688. The van der Waals surface area contributed by atoms with Gasteiger partial charge in [0.25, 0.3) is 0 Å². The fraction of sp³-hybridized carbons (Fsp3) is 0.278. The Bertz CT molecular complexity index is 864. The first-order chi connectivity index (χ1) is 12.3. The first-order valence-corrected chi connectivity index (χ1v) is 9.45. The molecule has 0 heterocycles. The molecule has 2 aromatic rings. The molecule has 0 aromatic heterocycles. The molecule has 0 bridgehead atoms. The van der Waals surface area contributed by atoms with Crippen molar-refractivity contribution in [2.45, 2.75) is 18.7 Å². The number of benzene rings is 2. The molecule has 26 heavy (non-hydrogen) atoms. The van der Waals surface area contributed by atoms with Gasteiger partial charge in [-0.05, 0) is 48.9 Å². The molecule has 8 heteroatoms. The lowest BCUT2D eigenvalue weighted by molar-refractivity contribution is -0.114. The number of nitrogens with one attached hydrogen (secondary N) is 2. The van der Waals surface area contributed by atoms with Crippen molar-refractivity contribution in [3.8, 4) is 11.5 Å². The van der Waals surface area contributed by atoms with Crippen LogP contribution in [-0.4, -0.2) is 34.6 Å². The van der Waals surface area contributed by atoms with Gasteiger partial charge < -0.3 is 14.8 Å². The van der Waals surface area contributed by atoms with Crippen LogP contribution in [0.5, 0.6) is 11.5 Å². The zero-order valence-corrected chi connectivity index (χ0v) is 15.7. The Morgan fingerprint density at radius 2 is 1.77 bits per heavy atom. The topological polar surface area (TPSA) is 93.7 Å². The molecule has 0 saturated heterocycles. The second-order valence-corrected chi connectivity index (χ2v) is 7.37. The summed E-state index contributed by atoms with van der Waals surface area (Å²) in [5, 5.41) is 2.58. The first kappa shape index (κ1) is 19.7. The van der Waals surface area contributed by atoms with Crippen LogP contribution in [0.1, 0.15) is 12.5 Å². The van der Waals surface area contributed by atoms with Gasteiger partial charge in [-0.1, -0.05) is 6.07 Å². The average molecular weight is 378 g/mol. The molecule has 0 radical (unpaired) electrons. The van der Waals surface area contributed by atoms with Crippen LogP contribution < -0.4 is 19.5 Å². The molecular weight excluding hydrogens is 356 g/mol. The number of carbonyl (C=O) groups excluding carboxylic acids is 1. The van der Waals surface area contributed by atoms with E-state index in [9.17, 15) is 13.2 Å². The highest BCUT2D eigenvalue weighted by Crippen LogP contribution is 2.27. The van der Waals surface area contributed by atoms with Gasteiger partial charge in [0.15, 0.2) is 11.5 Å². The third kappa shape index (κ3) is 5.47. The lowest BCUT2D eigenvalue weighted by Gasteiger charge is -2.12. The molecule has 7 nitrogen and oxygen atoms in total. The van der Waals surface area contributed by atoms with Crippen molar-refractivity contribution in [2.75, 3.05) is 25.6 Å². The standard InChI is InChI=1S/C18H22N2O5S/c1-13-4-9-17(18(12-13)24-3)25-11-10-19-26(22,23)16-7-5-15(6-8-16)20-14(2)21/h4-9,12,19H,10-11H2,1-3H3,(H,20,21). The van der Waals surface area contributed by atoms with Crippen LogP contribution in [0.3, 0.4) is 0 Å². The Morgan fingerprint density at radius 3 is 2.38 bits per heavy atom. The molecule has 0 aliphatic rings. The normalized spacial score (nSPS) is 11.0. The Kier molecular flexibility index (Phi) is 6.59. The summed E-state index contributed by atoms with van der Waals surface area (Å²) in [4.78, 5) is 11.1. The molecule has 140 valence electrons. The van der Waals surface area contributed by atoms with Gasteiger partial charge in [-0.25, -0.2) is 13.1 Å². The van der Waals surface area contributed by atoms with Gasteiger partial charge in [0.2, 0.25) is 15.9 Å². The summed E-state index contributed by atoms with van der Waals surface area (Å²) in [7, 11) is -2.11. The summed E-state index contributed by atoms with van der Waals surface area (Å²) in [5.74, 6) is 0.931. The molecule has 0 aliphatic carbocycles. The predicted octanol–water partition coefficient (Wildman–Crippen LogP) is 2.32. The molecule has 0 fully saturated rings. The zero-order chi connectivity index (χ0) is 19.2. The van der Waals surface area contributed by atoms with Crippen LogP contribution >= 0.6 is 0 Å². The third-order valence-electron chi connectivity index (χ3n) is 3.46. The predicted molar refractivity (Wildman–Crippen MR) is 99.2 cm³/mol. The van der Waals surface area contributed by atoms with Gasteiger partial charge in [-0.15, -0.1) is 0 Å². The van der Waals surface area contributed by atoms with Crippen molar-refractivity contribution in [2.24, 2.45) is 0 Å².